The number of para-hydroxylation sites is 2. The summed E-state index contributed by atoms with van der Waals surface area (Å²) in [5.41, 5.74) is 1.06. The molecule has 1 fully saturated rings. The van der Waals surface area contributed by atoms with Gasteiger partial charge in [-0.05, 0) is 43.5 Å². The summed E-state index contributed by atoms with van der Waals surface area (Å²) in [6, 6.07) is 17.8. The maximum atomic E-state index is 13.1. The van der Waals surface area contributed by atoms with Gasteiger partial charge >= 0.3 is 0 Å². The molecule has 0 spiro atoms. The summed E-state index contributed by atoms with van der Waals surface area (Å²) in [5.74, 6) is 1.15. The van der Waals surface area contributed by atoms with Gasteiger partial charge in [0.15, 0.2) is 6.10 Å². The first-order valence-electron chi connectivity index (χ1n) is 9.60. The van der Waals surface area contributed by atoms with E-state index >= 15 is 0 Å². The topological polar surface area (TPSA) is 42.4 Å². The second kappa shape index (κ2) is 8.09. The number of piperidine rings is 1. The number of aromatic nitrogens is 1. The van der Waals surface area contributed by atoms with Gasteiger partial charge in [0.25, 0.3) is 5.91 Å². The highest BCUT2D eigenvalue weighted by atomic mass is 32.1. The van der Waals surface area contributed by atoms with Crippen molar-refractivity contribution >= 4 is 27.5 Å². The largest absolute Gasteiger partial charge is 0.481 e. The molecule has 4 nitrogen and oxygen atoms in total. The lowest BCUT2D eigenvalue weighted by molar-refractivity contribution is -0.140. The minimum atomic E-state index is -0.429. The first-order valence-corrected chi connectivity index (χ1v) is 10.4. The summed E-state index contributed by atoms with van der Waals surface area (Å²) < 4.78 is 7.18. The van der Waals surface area contributed by atoms with Crippen molar-refractivity contribution in [1.29, 1.82) is 0 Å². The monoisotopic (exact) mass is 380 g/mol. The number of ether oxygens (including phenoxy) is 1. The van der Waals surface area contributed by atoms with E-state index in [9.17, 15) is 4.79 Å². The number of hydrogen-bond donors (Lipinski definition) is 0. The van der Waals surface area contributed by atoms with Gasteiger partial charge in [-0.1, -0.05) is 37.3 Å². The van der Waals surface area contributed by atoms with E-state index in [-0.39, 0.29) is 5.91 Å². The van der Waals surface area contributed by atoms with E-state index < -0.39 is 6.10 Å². The summed E-state index contributed by atoms with van der Waals surface area (Å²) in [4.78, 5) is 19.8. The normalized spacial score (nSPS) is 18.4. The van der Waals surface area contributed by atoms with Crippen molar-refractivity contribution in [3.63, 3.8) is 0 Å². The molecule has 5 heteroatoms. The zero-order valence-corrected chi connectivity index (χ0v) is 16.3. The molecule has 1 aliphatic heterocycles. The van der Waals surface area contributed by atoms with E-state index in [4.69, 9.17) is 9.72 Å². The van der Waals surface area contributed by atoms with Crippen LogP contribution in [-0.2, 0) is 4.79 Å². The van der Waals surface area contributed by atoms with Crippen LogP contribution in [0.5, 0.6) is 5.75 Å². The quantitative estimate of drug-likeness (QED) is 0.635. The molecule has 0 unspecified atom stereocenters. The van der Waals surface area contributed by atoms with Gasteiger partial charge in [0.1, 0.15) is 5.75 Å². The lowest BCUT2D eigenvalue weighted by atomic mass is 9.98. The molecule has 0 saturated carbocycles. The second-order valence-electron chi connectivity index (χ2n) is 6.97. The lowest BCUT2D eigenvalue weighted by Crippen LogP contribution is -2.46. The van der Waals surface area contributed by atoms with Gasteiger partial charge in [-0.25, -0.2) is 4.98 Å². The Kier molecular flexibility index (Phi) is 5.39. The van der Waals surface area contributed by atoms with Gasteiger partial charge in [0.05, 0.1) is 15.2 Å². The first kappa shape index (κ1) is 18.0. The first-order chi connectivity index (χ1) is 13.2. The van der Waals surface area contributed by atoms with Gasteiger partial charge in [0, 0.05) is 19.0 Å². The Morgan fingerprint density at radius 3 is 2.78 bits per heavy atom. The predicted molar refractivity (Wildman–Crippen MR) is 109 cm³/mol. The van der Waals surface area contributed by atoms with Crippen molar-refractivity contribution in [3.05, 3.63) is 59.6 Å². The van der Waals surface area contributed by atoms with E-state index in [2.05, 4.69) is 12.1 Å². The fourth-order valence-electron chi connectivity index (χ4n) is 3.62. The van der Waals surface area contributed by atoms with Gasteiger partial charge in [-0.15, -0.1) is 11.3 Å². The Bertz CT molecular complexity index is 876. The van der Waals surface area contributed by atoms with Crippen molar-refractivity contribution in [2.45, 2.75) is 38.2 Å². The molecular weight excluding hydrogens is 356 g/mol. The van der Waals surface area contributed by atoms with Gasteiger partial charge in [-0.3, -0.25) is 4.79 Å². The SMILES string of the molecule is CC[C@@H](Oc1ccccc1)C(=O)N1CCC[C@H](c2nc3ccccc3s2)C1. The number of carbonyl (C=O) groups is 1. The molecule has 0 N–H and O–H groups in total. The molecule has 140 valence electrons. The Labute approximate surface area is 163 Å². The fourth-order valence-corrected chi connectivity index (χ4v) is 4.71. The van der Waals surface area contributed by atoms with Gasteiger partial charge in [0.2, 0.25) is 0 Å². The van der Waals surface area contributed by atoms with Gasteiger partial charge in [-0.2, -0.15) is 0 Å². The molecule has 27 heavy (non-hydrogen) atoms. The summed E-state index contributed by atoms with van der Waals surface area (Å²) in [5, 5.41) is 1.14. The number of fused-ring (bicyclic) bond motifs is 1. The number of benzene rings is 2. The summed E-state index contributed by atoms with van der Waals surface area (Å²) >= 11 is 1.75. The zero-order chi connectivity index (χ0) is 18.6. The van der Waals surface area contributed by atoms with Crippen LogP contribution in [0.2, 0.25) is 0 Å². The molecule has 2 atom stereocenters. The standard InChI is InChI=1S/C22H24N2O2S/c1-2-19(26-17-10-4-3-5-11-17)22(25)24-14-8-9-16(15-24)21-23-18-12-6-7-13-20(18)27-21/h3-7,10-13,16,19H,2,8-9,14-15H2,1H3/t16-,19+/m0/s1. The molecule has 0 aliphatic carbocycles. The van der Waals surface area contributed by atoms with Crippen LogP contribution in [0, 0.1) is 0 Å². The average molecular weight is 381 g/mol. The Morgan fingerprint density at radius 2 is 2.00 bits per heavy atom. The third kappa shape index (κ3) is 3.98. The van der Waals surface area contributed by atoms with Crippen molar-refractivity contribution in [3.8, 4) is 5.75 Å². The summed E-state index contributed by atoms with van der Waals surface area (Å²) in [6.07, 6.45) is 2.32. The molecule has 4 rings (SSSR count). The molecule has 3 aromatic rings. The maximum absolute atomic E-state index is 13.1. The number of amides is 1. The molecule has 2 aromatic carbocycles. The highest BCUT2D eigenvalue weighted by Gasteiger charge is 2.31. The van der Waals surface area contributed by atoms with Crippen molar-refractivity contribution in [2.24, 2.45) is 0 Å². The van der Waals surface area contributed by atoms with Crippen molar-refractivity contribution < 1.29 is 9.53 Å². The van der Waals surface area contributed by atoms with E-state index in [1.165, 1.54) is 4.70 Å². The molecule has 1 aliphatic rings. The van der Waals surface area contributed by atoms with E-state index in [0.29, 0.717) is 12.3 Å². The maximum Gasteiger partial charge on any atom is 0.263 e. The Morgan fingerprint density at radius 1 is 1.22 bits per heavy atom. The van der Waals surface area contributed by atoms with Crippen LogP contribution in [0.1, 0.15) is 37.1 Å². The molecule has 0 bridgehead atoms. The average Bonchev–Trinajstić information content (AvgIpc) is 3.17. The Balaban J connectivity index is 1.47. The van der Waals surface area contributed by atoms with E-state index in [0.717, 1.165) is 42.2 Å². The highest BCUT2D eigenvalue weighted by Crippen LogP contribution is 2.33. The predicted octanol–water partition coefficient (Wildman–Crippen LogP) is 4.86. The highest BCUT2D eigenvalue weighted by molar-refractivity contribution is 7.18. The smallest absolute Gasteiger partial charge is 0.263 e. The second-order valence-corrected chi connectivity index (χ2v) is 8.03. The summed E-state index contributed by atoms with van der Waals surface area (Å²) in [7, 11) is 0. The van der Waals surface area contributed by atoms with E-state index in [1.54, 1.807) is 11.3 Å². The number of carbonyl (C=O) groups excluding carboxylic acids is 1. The summed E-state index contributed by atoms with van der Waals surface area (Å²) in [6.45, 7) is 3.53. The molecular formula is C22H24N2O2S. The van der Waals surface area contributed by atoms with Crippen molar-refractivity contribution in [1.82, 2.24) is 9.88 Å². The third-order valence-corrected chi connectivity index (χ3v) is 6.26. The van der Waals surface area contributed by atoms with Crippen LogP contribution in [0.15, 0.2) is 54.6 Å². The molecule has 1 aromatic heterocycles. The van der Waals surface area contributed by atoms with Crippen LogP contribution in [0.3, 0.4) is 0 Å². The van der Waals surface area contributed by atoms with Crippen LogP contribution in [0.25, 0.3) is 10.2 Å². The number of hydrogen-bond acceptors (Lipinski definition) is 4. The third-order valence-electron chi connectivity index (χ3n) is 5.06. The van der Waals surface area contributed by atoms with Crippen LogP contribution in [0.4, 0.5) is 0 Å². The number of likely N-dealkylation sites (tertiary alicyclic amines) is 1. The number of thiazole rings is 1. The minimum absolute atomic E-state index is 0.0900. The van der Waals surface area contributed by atoms with Crippen LogP contribution in [-0.4, -0.2) is 35.0 Å². The molecule has 1 saturated heterocycles. The molecule has 2 heterocycles. The Hall–Kier alpha value is -2.40. The van der Waals surface area contributed by atoms with Crippen LogP contribution >= 0.6 is 11.3 Å². The fraction of sp³-hybridized carbons (Fsp3) is 0.364. The lowest BCUT2D eigenvalue weighted by Gasteiger charge is -2.34. The number of rotatable bonds is 5. The van der Waals surface area contributed by atoms with Crippen molar-refractivity contribution in [2.75, 3.05) is 13.1 Å². The molecule has 0 radical (unpaired) electrons. The molecule has 1 amide bonds. The van der Waals surface area contributed by atoms with Gasteiger partial charge < -0.3 is 9.64 Å². The number of nitrogens with zero attached hydrogens (tertiary/aromatic N) is 2. The zero-order valence-electron chi connectivity index (χ0n) is 15.5. The van der Waals surface area contributed by atoms with E-state index in [1.807, 2.05) is 54.3 Å². The van der Waals surface area contributed by atoms with Crippen LogP contribution < -0.4 is 4.74 Å². The minimum Gasteiger partial charge on any atom is -0.481 e.